The zero-order valence-electron chi connectivity index (χ0n) is 10.3. The standard InChI is InChI=1S/C11H10Cl5N3OS/c12-5-8(20)18-9(11(14,15)16)19-10(21)17-7-4-2-1-3-6(7)13/h1-4,9H,5H2,(H,18,20)(H2,17,19,21). The summed E-state index contributed by atoms with van der Waals surface area (Å²) in [7, 11) is 0. The molecule has 4 nitrogen and oxygen atoms in total. The van der Waals surface area contributed by atoms with E-state index in [1.165, 1.54) is 0 Å². The fourth-order valence-electron chi connectivity index (χ4n) is 1.25. The number of hydrogen-bond donors (Lipinski definition) is 3. The lowest BCUT2D eigenvalue weighted by Crippen LogP contribution is -2.56. The Morgan fingerprint density at radius 3 is 2.38 bits per heavy atom. The molecular formula is C11H10Cl5N3OS. The van der Waals surface area contributed by atoms with Crippen LogP contribution in [0.25, 0.3) is 0 Å². The van der Waals surface area contributed by atoms with Crippen LogP contribution in [0.15, 0.2) is 24.3 Å². The number of thiocarbonyl (C=S) groups is 1. The van der Waals surface area contributed by atoms with E-state index in [1.807, 2.05) is 0 Å². The van der Waals surface area contributed by atoms with Gasteiger partial charge >= 0.3 is 0 Å². The van der Waals surface area contributed by atoms with E-state index in [1.54, 1.807) is 24.3 Å². The lowest BCUT2D eigenvalue weighted by Gasteiger charge is -2.27. The van der Waals surface area contributed by atoms with Crippen LogP contribution in [0.5, 0.6) is 0 Å². The highest BCUT2D eigenvalue weighted by Gasteiger charge is 2.34. The minimum Gasteiger partial charge on any atom is -0.339 e. The molecule has 1 aromatic carbocycles. The summed E-state index contributed by atoms with van der Waals surface area (Å²) >= 11 is 33.8. The zero-order chi connectivity index (χ0) is 16.0. The van der Waals surface area contributed by atoms with Crippen molar-refractivity contribution in [3.05, 3.63) is 29.3 Å². The summed E-state index contributed by atoms with van der Waals surface area (Å²) in [6.07, 6.45) is -1.06. The van der Waals surface area contributed by atoms with Gasteiger partial charge in [0, 0.05) is 0 Å². The predicted octanol–water partition coefficient (Wildman–Crippen LogP) is 3.68. The van der Waals surface area contributed by atoms with Crippen molar-refractivity contribution in [1.82, 2.24) is 10.6 Å². The van der Waals surface area contributed by atoms with Crippen LogP contribution in [0.4, 0.5) is 5.69 Å². The minimum absolute atomic E-state index is 0.120. The van der Waals surface area contributed by atoms with Crippen molar-refractivity contribution in [3.8, 4) is 0 Å². The molecule has 10 heteroatoms. The molecule has 1 aromatic rings. The van der Waals surface area contributed by atoms with E-state index < -0.39 is 15.9 Å². The van der Waals surface area contributed by atoms with Gasteiger partial charge in [-0.05, 0) is 24.4 Å². The monoisotopic (exact) mass is 407 g/mol. The van der Waals surface area contributed by atoms with Crippen LogP contribution in [0.3, 0.4) is 0 Å². The number of hydrogen-bond acceptors (Lipinski definition) is 2. The number of para-hydroxylation sites is 1. The molecule has 0 heterocycles. The van der Waals surface area contributed by atoms with Gasteiger partial charge in [-0.1, -0.05) is 58.5 Å². The number of alkyl halides is 4. The van der Waals surface area contributed by atoms with Gasteiger partial charge in [-0.3, -0.25) is 4.79 Å². The smallest absolute Gasteiger partial charge is 0.236 e. The topological polar surface area (TPSA) is 53.2 Å². The molecule has 0 saturated carbocycles. The Bertz CT molecular complexity index is 523. The van der Waals surface area contributed by atoms with E-state index in [2.05, 4.69) is 16.0 Å². The number of anilines is 1. The van der Waals surface area contributed by atoms with Gasteiger partial charge in [-0.25, -0.2) is 0 Å². The largest absolute Gasteiger partial charge is 0.339 e. The molecule has 0 aromatic heterocycles. The number of halogens is 5. The van der Waals surface area contributed by atoms with E-state index in [4.69, 9.17) is 70.2 Å². The second-order valence-corrected chi connectivity index (χ2v) is 7.21. The first-order valence-corrected chi connectivity index (χ1v) is 7.93. The van der Waals surface area contributed by atoms with Crippen molar-refractivity contribution < 1.29 is 4.79 Å². The number of benzene rings is 1. The van der Waals surface area contributed by atoms with Gasteiger partial charge in [-0.2, -0.15) is 0 Å². The maximum Gasteiger partial charge on any atom is 0.236 e. The summed E-state index contributed by atoms with van der Waals surface area (Å²) in [5.74, 6) is -0.787. The first-order chi connectivity index (χ1) is 9.74. The predicted molar refractivity (Wildman–Crippen MR) is 93.7 cm³/mol. The van der Waals surface area contributed by atoms with Crippen LogP contribution in [0.2, 0.25) is 5.02 Å². The van der Waals surface area contributed by atoms with Crippen LogP contribution < -0.4 is 16.0 Å². The summed E-state index contributed by atoms with van der Waals surface area (Å²) in [6.45, 7) is 0. The van der Waals surface area contributed by atoms with Gasteiger partial charge in [-0.15, -0.1) is 11.6 Å². The SMILES string of the molecule is O=C(CCl)NC(NC(=S)Nc1ccccc1Cl)C(Cl)(Cl)Cl. The van der Waals surface area contributed by atoms with Gasteiger partial charge < -0.3 is 16.0 Å². The van der Waals surface area contributed by atoms with Crippen molar-refractivity contribution in [2.75, 3.05) is 11.2 Å². The number of rotatable bonds is 4. The molecule has 0 radical (unpaired) electrons. The summed E-state index contributed by atoms with van der Waals surface area (Å²) < 4.78 is -1.83. The summed E-state index contributed by atoms with van der Waals surface area (Å²) in [6, 6.07) is 6.96. The van der Waals surface area contributed by atoms with Crippen molar-refractivity contribution in [1.29, 1.82) is 0 Å². The molecule has 0 fully saturated rings. The van der Waals surface area contributed by atoms with Crippen molar-refractivity contribution in [2.45, 2.75) is 9.96 Å². The maximum atomic E-state index is 11.3. The minimum atomic E-state index is -1.83. The lowest BCUT2D eigenvalue weighted by molar-refractivity contribution is -0.119. The van der Waals surface area contributed by atoms with Gasteiger partial charge in [0.1, 0.15) is 12.0 Å². The molecule has 21 heavy (non-hydrogen) atoms. The Labute approximate surface area is 152 Å². The van der Waals surface area contributed by atoms with E-state index >= 15 is 0 Å². The molecule has 0 bridgehead atoms. The molecule has 0 aliphatic heterocycles. The summed E-state index contributed by atoms with van der Waals surface area (Å²) in [5.41, 5.74) is 0.573. The Morgan fingerprint density at radius 2 is 1.86 bits per heavy atom. The van der Waals surface area contributed by atoms with Crippen LogP contribution in [0.1, 0.15) is 0 Å². The highest BCUT2D eigenvalue weighted by molar-refractivity contribution is 7.80. The van der Waals surface area contributed by atoms with E-state index in [9.17, 15) is 4.79 Å². The Hall–Kier alpha value is -0.170. The number of carbonyl (C=O) groups excluding carboxylic acids is 1. The average Bonchev–Trinajstić information content (AvgIpc) is 2.39. The van der Waals surface area contributed by atoms with E-state index in [-0.39, 0.29) is 11.0 Å². The number of carbonyl (C=O) groups is 1. The highest BCUT2D eigenvalue weighted by Crippen LogP contribution is 2.29. The third-order valence-corrected chi connectivity index (χ3v) is 3.60. The summed E-state index contributed by atoms with van der Waals surface area (Å²) in [5, 5.41) is 8.49. The number of nitrogens with one attached hydrogen (secondary N) is 3. The Kier molecular flexibility index (Phi) is 7.60. The van der Waals surface area contributed by atoms with Gasteiger partial charge in [0.15, 0.2) is 5.11 Å². The fraction of sp³-hybridized carbons (Fsp3) is 0.273. The molecule has 0 spiro atoms. The quantitative estimate of drug-likeness (QED) is 0.403. The van der Waals surface area contributed by atoms with E-state index in [0.29, 0.717) is 10.7 Å². The molecule has 1 atom stereocenters. The summed E-state index contributed by atoms with van der Waals surface area (Å²) in [4.78, 5) is 11.3. The van der Waals surface area contributed by atoms with E-state index in [0.717, 1.165) is 0 Å². The van der Waals surface area contributed by atoms with Crippen molar-refractivity contribution in [3.63, 3.8) is 0 Å². The fourth-order valence-corrected chi connectivity index (χ4v) is 2.07. The second kappa shape index (κ2) is 8.46. The molecule has 1 rings (SSSR count). The molecule has 0 aliphatic carbocycles. The van der Waals surface area contributed by atoms with Crippen LogP contribution >= 0.6 is 70.2 Å². The van der Waals surface area contributed by atoms with Gasteiger partial charge in [0.05, 0.1) is 10.7 Å². The van der Waals surface area contributed by atoms with Gasteiger partial charge in [0.2, 0.25) is 9.70 Å². The average molecular weight is 410 g/mol. The normalized spacial score (nSPS) is 12.4. The molecule has 0 aliphatic rings. The second-order valence-electron chi connectivity index (χ2n) is 3.75. The molecule has 1 amide bonds. The van der Waals surface area contributed by atoms with Crippen LogP contribution in [-0.2, 0) is 4.79 Å². The molecule has 116 valence electrons. The van der Waals surface area contributed by atoms with Crippen LogP contribution in [-0.4, -0.2) is 26.9 Å². The third kappa shape index (κ3) is 6.63. The van der Waals surface area contributed by atoms with Crippen molar-refractivity contribution >= 4 is 86.9 Å². The molecule has 1 unspecified atom stereocenters. The molecule has 3 N–H and O–H groups in total. The molecular weight excluding hydrogens is 399 g/mol. The zero-order valence-corrected chi connectivity index (χ0v) is 14.9. The van der Waals surface area contributed by atoms with Crippen LogP contribution in [0, 0.1) is 0 Å². The lowest BCUT2D eigenvalue weighted by atomic mass is 10.3. The number of amides is 1. The Morgan fingerprint density at radius 1 is 1.24 bits per heavy atom. The third-order valence-electron chi connectivity index (χ3n) is 2.15. The van der Waals surface area contributed by atoms with Crippen molar-refractivity contribution in [2.24, 2.45) is 0 Å². The molecule has 0 saturated heterocycles. The maximum absolute atomic E-state index is 11.3. The Balaban J connectivity index is 2.73. The first-order valence-electron chi connectivity index (χ1n) is 5.48. The van der Waals surface area contributed by atoms with Gasteiger partial charge in [0.25, 0.3) is 0 Å². The highest BCUT2D eigenvalue weighted by atomic mass is 35.6. The first kappa shape index (κ1) is 18.9.